The van der Waals surface area contributed by atoms with Gasteiger partial charge in [-0.15, -0.1) is 0 Å². The van der Waals surface area contributed by atoms with Crippen molar-refractivity contribution in [1.82, 2.24) is 35.2 Å². The van der Waals surface area contributed by atoms with E-state index >= 15 is 0 Å². The van der Waals surface area contributed by atoms with E-state index in [2.05, 4.69) is 64.5 Å². The summed E-state index contributed by atoms with van der Waals surface area (Å²) in [6.45, 7) is 3.08. The molecule has 3 aromatic heterocycles. The Balaban J connectivity index is 0.000000238. The van der Waals surface area contributed by atoms with E-state index in [1.807, 2.05) is 0 Å². The van der Waals surface area contributed by atoms with E-state index in [1.165, 1.54) is 111 Å². The minimum absolute atomic E-state index is 0.0164. The van der Waals surface area contributed by atoms with Gasteiger partial charge in [0.05, 0.1) is 70.4 Å². The first kappa shape index (κ1) is 77.0. The van der Waals surface area contributed by atoms with Crippen molar-refractivity contribution in [2.24, 2.45) is 11.5 Å². The monoisotopic (exact) mass is 1340 g/mol. The molecule has 2 amide bonds. The van der Waals surface area contributed by atoms with Gasteiger partial charge in [0.25, 0.3) is 0 Å². The summed E-state index contributed by atoms with van der Waals surface area (Å²) in [5, 5.41) is 25.6. The number of ether oxygens (including phenoxy) is 4. The third-order valence-corrected chi connectivity index (χ3v) is 16.9. The van der Waals surface area contributed by atoms with Gasteiger partial charge in [0.2, 0.25) is 33.5 Å². The Morgan fingerprint density at radius 2 is 1.15 bits per heavy atom. The molecule has 0 spiro atoms. The highest BCUT2D eigenvalue weighted by molar-refractivity contribution is 6.29. The molecule has 0 unspecified atom stereocenters. The number of nitro groups is 1. The van der Waals surface area contributed by atoms with Crippen LogP contribution in [0.4, 0.5) is 34.5 Å². The van der Waals surface area contributed by atoms with E-state index in [4.69, 9.17) is 56.1 Å². The lowest BCUT2D eigenvalue weighted by molar-refractivity contribution is -0.384. The largest absolute Gasteiger partial charge is 0.481 e. The molecule has 5 fully saturated rings. The number of hydrogen-bond acceptors (Lipinski definition) is 24. The van der Waals surface area contributed by atoms with E-state index in [1.54, 1.807) is 36.4 Å². The van der Waals surface area contributed by atoms with E-state index in [0.29, 0.717) is 81.8 Å². The number of anilines is 5. The number of carbonyl (C=O) groups excluding carboxylic acids is 5. The lowest BCUT2D eigenvalue weighted by Gasteiger charge is -2.29. The Morgan fingerprint density at radius 3 is 1.67 bits per heavy atom. The number of methoxy groups -OCH3 is 4. The van der Waals surface area contributed by atoms with Crippen molar-refractivity contribution in [2.75, 3.05) is 99.7 Å². The number of aromatic nitrogens is 6. The van der Waals surface area contributed by atoms with Gasteiger partial charge >= 0.3 is 29.6 Å². The molecule has 0 bridgehead atoms. The molecule has 10 rings (SSSR count). The standard InChI is InChI=1S/C13H17ClN4O4.C13H17ClN4O.C12H15ClN4O.C9H17NO2.C6H12O.C4H9NO2.C3H7NO2/c1-22-11(19)6-7-17(9-4-2-3-5-9)12-10(18(20)21)8-15-13(14)16-12;1-17-10-8-15-13(14)16-12(10)18(7-6-11(17)19)9-4-2-3-5-9;13-12-14-7-9-11(16-12)17(6-5-10(18)15-9)8-3-1-2-4-8;1-12-9(11)6-7-10-8-4-2-3-5-8;1-7-6-4-2-3-5-6;1-7-4(6)2-3-5;4-2-1-3(5)6/h8-9H,2-7H2,1H3;8-9H,2-7H2,1H3;7-8H,1-6H2,(H,15,18);8,10H,2-7H2,1H3;6H,2-5H2,1H3;2-3,5H2,1H3;1-2,4H2,(H,5,6). The molecule has 0 radical (unpaired) electrons. The predicted molar refractivity (Wildman–Crippen MR) is 348 cm³/mol. The summed E-state index contributed by atoms with van der Waals surface area (Å²) in [5.74, 6) is 0.287. The summed E-state index contributed by atoms with van der Waals surface area (Å²) >= 11 is 17.6. The van der Waals surface area contributed by atoms with E-state index in [-0.39, 0.29) is 82.5 Å². The van der Waals surface area contributed by atoms with Crippen LogP contribution in [-0.4, -0.2) is 181 Å². The average Bonchev–Trinajstić information content (AvgIpc) is 1.98. The molecule has 0 saturated heterocycles. The van der Waals surface area contributed by atoms with Crippen LogP contribution in [0.1, 0.15) is 167 Å². The Kier molecular flexibility index (Phi) is 36.1. The molecule has 7 aliphatic rings. The summed E-state index contributed by atoms with van der Waals surface area (Å²) < 4.78 is 18.6. The number of carbonyl (C=O) groups is 6. The molecule has 7 N–H and O–H groups in total. The average molecular weight is 1340 g/mol. The number of carboxylic acid groups (broad SMARTS) is 1. The van der Waals surface area contributed by atoms with Crippen LogP contribution in [0.15, 0.2) is 18.6 Å². The molecule has 2 aliphatic heterocycles. The number of halogens is 3. The number of nitrogens with zero attached hydrogens (tertiary/aromatic N) is 11. The molecule has 91 heavy (non-hydrogen) atoms. The Hall–Kier alpha value is -6.43. The molecule has 31 heteroatoms. The van der Waals surface area contributed by atoms with E-state index in [9.17, 15) is 38.9 Å². The third-order valence-electron chi connectivity index (χ3n) is 16.3. The number of hydrogen-bond donors (Lipinski definition) is 5. The van der Waals surface area contributed by atoms with Gasteiger partial charge in [0, 0.05) is 90.4 Å². The quantitative estimate of drug-likeness (QED) is 0.0278. The van der Waals surface area contributed by atoms with E-state index in [0.717, 1.165) is 68.6 Å². The number of nitrogens with two attached hydrogens (primary N) is 2. The SMILES string of the molecule is CN1C(=O)CCN(C2CCCC2)c2nc(Cl)ncc21.COC(=O)CCN.COC(=O)CCN(c1nc(Cl)ncc1[N+](=O)[O-])C1CCCC1.COC(=O)CCNC1CCCC1.COC1CCCC1.NCCC(=O)O.O=C1CCN(C2CCCC2)c2nc(Cl)ncc2N1. The maximum absolute atomic E-state index is 12.0. The summed E-state index contributed by atoms with van der Waals surface area (Å²) in [7, 11) is 7.66. The van der Waals surface area contributed by atoms with Crippen LogP contribution < -0.4 is 41.7 Å². The molecular weight excluding hydrogens is 1250 g/mol. The van der Waals surface area contributed by atoms with Gasteiger partial charge < -0.3 is 65.8 Å². The predicted octanol–water partition coefficient (Wildman–Crippen LogP) is 8.40. The minimum Gasteiger partial charge on any atom is -0.481 e. The van der Waals surface area contributed by atoms with Crippen molar-refractivity contribution in [3.8, 4) is 0 Å². The molecule has 5 saturated carbocycles. The first-order valence-electron chi connectivity index (χ1n) is 31.4. The van der Waals surface area contributed by atoms with Crippen molar-refractivity contribution in [1.29, 1.82) is 0 Å². The molecule has 5 aliphatic carbocycles. The molecule has 0 aromatic carbocycles. The van der Waals surface area contributed by atoms with Crippen LogP contribution in [0.2, 0.25) is 15.9 Å². The Labute approximate surface area is 548 Å². The van der Waals surface area contributed by atoms with Gasteiger partial charge in [-0.3, -0.25) is 38.9 Å². The smallest absolute Gasteiger partial charge is 0.329 e. The number of esters is 3. The van der Waals surface area contributed by atoms with Crippen LogP contribution in [0.3, 0.4) is 0 Å². The van der Waals surface area contributed by atoms with Crippen molar-refractivity contribution < 1.29 is 57.7 Å². The van der Waals surface area contributed by atoms with Crippen LogP contribution in [0, 0.1) is 10.1 Å². The molecule has 0 atom stereocenters. The Morgan fingerprint density at radius 1 is 0.670 bits per heavy atom. The topological polar surface area (TPSA) is 369 Å². The molecular formula is C60H94Cl3N15O13. The van der Waals surface area contributed by atoms with Gasteiger partial charge in [0.15, 0.2) is 11.6 Å². The fourth-order valence-corrected chi connectivity index (χ4v) is 11.9. The van der Waals surface area contributed by atoms with Crippen LogP contribution in [0.5, 0.6) is 0 Å². The zero-order chi connectivity index (χ0) is 66.7. The van der Waals surface area contributed by atoms with Crippen LogP contribution in [-0.2, 0) is 47.7 Å². The fourth-order valence-electron chi connectivity index (χ4n) is 11.5. The summed E-state index contributed by atoms with van der Waals surface area (Å²) in [4.78, 5) is 108. The summed E-state index contributed by atoms with van der Waals surface area (Å²) in [5.41, 5.74) is 11.1. The first-order valence-corrected chi connectivity index (χ1v) is 32.6. The first-order chi connectivity index (χ1) is 43.8. The number of aliphatic carboxylic acids is 1. The summed E-state index contributed by atoms with van der Waals surface area (Å²) in [6.07, 6.45) is 31.0. The lowest BCUT2D eigenvalue weighted by atomic mass is 10.2. The highest BCUT2D eigenvalue weighted by Crippen LogP contribution is 2.37. The zero-order valence-electron chi connectivity index (χ0n) is 53.3. The van der Waals surface area contributed by atoms with E-state index < -0.39 is 10.9 Å². The molecule has 5 heterocycles. The van der Waals surface area contributed by atoms with Gasteiger partial charge in [-0.2, -0.15) is 15.0 Å². The number of carboxylic acids is 1. The van der Waals surface area contributed by atoms with Crippen molar-refractivity contribution in [3.63, 3.8) is 0 Å². The van der Waals surface area contributed by atoms with Gasteiger partial charge in [-0.05, 0) is 99.0 Å². The fraction of sp³-hybridized carbons (Fsp3) is 0.700. The highest BCUT2D eigenvalue weighted by Gasteiger charge is 2.34. The van der Waals surface area contributed by atoms with Gasteiger partial charge in [0.1, 0.15) is 17.6 Å². The maximum Gasteiger partial charge on any atom is 0.329 e. The van der Waals surface area contributed by atoms with Crippen molar-refractivity contribution in [3.05, 3.63) is 44.6 Å². The summed E-state index contributed by atoms with van der Waals surface area (Å²) in [6, 6.07) is 1.70. The molecule has 508 valence electrons. The maximum atomic E-state index is 12.0. The van der Waals surface area contributed by atoms with Crippen LogP contribution >= 0.6 is 34.8 Å². The highest BCUT2D eigenvalue weighted by atomic mass is 35.5. The molecule has 28 nitrogen and oxygen atoms in total. The number of rotatable bonds is 17. The number of fused-ring (bicyclic) bond motifs is 2. The second-order valence-corrected chi connectivity index (χ2v) is 23.5. The van der Waals surface area contributed by atoms with Gasteiger partial charge in [-0.1, -0.05) is 64.2 Å². The Bertz CT molecular complexity index is 2730. The van der Waals surface area contributed by atoms with Crippen molar-refractivity contribution >= 4 is 105 Å². The molecule has 3 aromatic rings. The number of nitrogens with one attached hydrogen (secondary N) is 2. The second kappa shape index (κ2) is 42.7. The zero-order valence-corrected chi connectivity index (χ0v) is 55.6. The van der Waals surface area contributed by atoms with Crippen LogP contribution in [0.25, 0.3) is 0 Å². The normalized spacial score (nSPS) is 17.3. The lowest BCUT2D eigenvalue weighted by Crippen LogP contribution is -2.36. The minimum atomic E-state index is -0.836. The number of amides is 2. The second-order valence-electron chi connectivity index (χ2n) is 22.5. The van der Waals surface area contributed by atoms with Gasteiger partial charge in [-0.25, -0.2) is 15.0 Å². The third kappa shape index (κ3) is 27.4. The van der Waals surface area contributed by atoms with Crippen molar-refractivity contribution in [2.45, 2.75) is 197 Å².